The lowest BCUT2D eigenvalue weighted by molar-refractivity contribution is 0.0240. The maximum Gasteiger partial charge on any atom is 0.410 e. The number of nitriles is 1. The smallest absolute Gasteiger partial charge is 0.410 e. The summed E-state index contributed by atoms with van der Waals surface area (Å²) in [5.41, 5.74) is 0.817. The third-order valence-corrected chi connectivity index (χ3v) is 3.77. The number of carbonyl (C=O) groups is 1. The van der Waals surface area contributed by atoms with Crippen LogP contribution in [0, 0.1) is 11.3 Å². The molecule has 0 spiro atoms. The van der Waals surface area contributed by atoms with Crippen LogP contribution in [0.25, 0.3) is 0 Å². The van der Waals surface area contributed by atoms with Crippen molar-refractivity contribution in [2.75, 3.05) is 31.1 Å². The van der Waals surface area contributed by atoms with E-state index in [9.17, 15) is 4.79 Å². The molecule has 1 amide bonds. The molecule has 1 aliphatic rings. The number of halogens is 1. The third kappa shape index (κ3) is 3.83. The van der Waals surface area contributed by atoms with Gasteiger partial charge in [-0.2, -0.15) is 5.26 Å². The first kappa shape index (κ1) is 16.4. The highest BCUT2D eigenvalue weighted by atomic mass is 35.5. The summed E-state index contributed by atoms with van der Waals surface area (Å²) in [7, 11) is 0. The summed E-state index contributed by atoms with van der Waals surface area (Å²) in [6, 6.07) is 7.50. The van der Waals surface area contributed by atoms with Crippen molar-refractivity contribution >= 4 is 23.4 Å². The van der Waals surface area contributed by atoms with Crippen LogP contribution in [0.3, 0.4) is 0 Å². The molecular weight excluding hydrogens is 302 g/mol. The molecule has 1 saturated heterocycles. The SMILES string of the molecule is CC(C)(C)OC(=O)N1CCN(c2cccc(C#N)c2Cl)CC1. The molecular formula is C16H20ClN3O2. The number of piperazine rings is 1. The van der Waals surface area contributed by atoms with Crippen LogP contribution >= 0.6 is 11.6 Å². The lowest BCUT2D eigenvalue weighted by Crippen LogP contribution is -2.50. The first-order valence-electron chi connectivity index (χ1n) is 7.23. The van der Waals surface area contributed by atoms with Crippen LogP contribution in [0.4, 0.5) is 10.5 Å². The van der Waals surface area contributed by atoms with E-state index in [1.165, 1.54) is 0 Å². The molecule has 1 heterocycles. The monoisotopic (exact) mass is 321 g/mol. The van der Waals surface area contributed by atoms with E-state index in [1.807, 2.05) is 32.9 Å². The van der Waals surface area contributed by atoms with Gasteiger partial charge in [-0.05, 0) is 32.9 Å². The first-order chi connectivity index (χ1) is 10.3. The first-order valence-corrected chi connectivity index (χ1v) is 7.61. The quantitative estimate of drug-likeness (QED) is 0.796. The van der Waals surface area contributed by atoms with Gasteiger partial charge in [0.2, 0.25) is 0 Å². The van der Waals surface area contributed by atoms with E-state index in [-0.39, 0.29) is 6.09 Å². The molecule has 2 rings (SSSR count). The van der Waals surface area contributed by atoms with E-state index in [0.717, 1.165) is 5.69 Å². The molecule has 0 radical (unpaired) electrons. The minimum Gasteiger partial charge on any atom is -0.444 e. The summed E-state index contributed by atoms with van der Waals surface area (Å²) in [6.07, 6.45) is -0.288. The number of hydrogen-bond acceptors (Lipinski definition) is 4. The highest BCUT2D eigenvalue weighted by Gasteiger charge is 2.26. The molecule has 1 fully saturated rings. The standard InChI is InChI=1S/C16H20ClN3O2/c1-16(2,3)22-15(21)20-9-7-19(8-10-20)13-6-4-5-12(11-18)14(13)17/h4-6H,7-10H2,1-3H3. The number of benzene rings is 1. The van der Waals surface area contributed by atoms with E-state index in [4.69, 9.17) is 21.6 Å². The summed E-state index contributed by atoms with van der Waals surface area (Å²) in [5.74, 6) is 0. The lowest BCUT2D eigenvalue weighted by Gasteiger charge is -2.37. The number of ether oxygens (including phenoxy) is 1. The normalized spacial score (nSPS) is 15.4. The van der Waals surface area contributed by atoms with Crippen molar-refractivity contribution < 1.29 is 9.53 Å². The Kier molecular flexibility index (Phi) is 4.82. The van der Waals surface area contributed by atoms with Gasteiger partial charge in [-0.1, -0.05) is 17.7 Å². The van der Waals surface area contributed by atoms with Crippen LogP contribution in [0.1, 0.15) is 26.3 Å². The molecule has 0 N–H and O–H groups in total. The number of hydrogen-bond donors (Lipinski definition) is 0. The largest absolute Gasteiger partial charge is 0.444 e. The summed E-state index contributed by atoms with van der Waals surface area (Å²) in [4.78, 5) is 15.8. The molecule has 118 valence electrons. The molecule has 0 aliphatic carbocycles. The summed E-state index contributed by atoms with van der Waals surface area (Å²) < 4.78 is 5.38. The molecule has 1 aromatic carbocycles. The lowest BCUT2D eigenvalue weighted by atomic mass is 10.2. The minimum absolute atomic E-state index is 0.288. The summed E-state index contributed by atoms with van der Waals surface area (Å²) in [6.45, 7) is 8.03. The zero-order valence-electron chi connectivity index (χ0n) is 13.1. The van der Waals surface area contributed by atoms with Crippen LogP contribution in [0.5, 0.6) is 0 Å². The van der Waals surface area contributed by atoms with E-state index in [0.29, 0.717) is 36.8 Å². The Morgan fingerprint density at radius 1 is 1.27 bits per heavy atom. The van der Waals surface area contributed by atoms with Gasteiger partial charge in [-0.3, -0.25) is 0 Å². The van der Waals surface area contributed by atoms with Crippen molar-refractivity contribution in [3.63, 3.8) is 0 Å². The summed E-state index contributed by atoms with van der Waals surface area (Å²) in [5, 5.41) is 9.51. The Morgan fingerprint density at radius 2 is 1.91 bits per heavy atom. The number of carbonyl (C=O) groups excluding carboxylic acids is 1. The molecule has 5 nitrogen and oxygen atoms in total. The Labute approximate surface area is 136 Å². The number of nitrogens with zero attached hydrogens (tertiary/aromatic N) is 3. The average molecular weight is 322 g/mol. The van der Waals surface area contributed by atoms with Gasteiger partial charge in [0.15, 0.2) is 0 Å². The van der Waals surface area contributed by atoms with Crippen molar-refractivity contribution in [3.8, 4) is 6.07 Å². The van der Waals surface area contributed by atoms with Gasteiger partial charge in [0.1, 0.15) is 11.7 Å². The van der Waals surface area contributed by atoms with Gasteiger partial charge >= 0.3 is 6.09 Å². The molecule has 0 saturated carbocycles. The molecule has 0 aromatic heterocycles. The van der Waals surface area contributed by atoms with Crippen LogP contribution in [0.2, 0.25) is 5.02 Å². The fourth-order valence-corrected chi connectivity index (χ4v) is 2.59. The second kappa shape index (κ2) is 6.45. The summed E-state index contributed by atoms with van der Waals surface area (Å²) >= 11 is 6.26. The zero-order valence-corrected chi connectivity index (χ0v) is 13.9. The predicted octanol–water partition coefficient (Wildman–Crippen LogP) is 3.27. The molecule has 22 heavy (non-hydrogen) atoms. The van der Waals surface area contributed by atoms with Crippen molar-refractivity contribution in [1.29, 1.82) is 5.26 Å². The third-order valence-electron chi connectivity index (χ3n) is 3.37. The average Bonchev–Trinajstić information content (AvgIpc) is 2.46. The van der Waals surface area contributed by atoms with Gasteiger partial charge in [0, 0.05) is 26.2 Å². The van der Waals surface area contributed by atoms with Crippen LogP contribution in [-0.4, -0.2) is 42.8 Å². The number of rotatable bonds is 1. The fraction of sp³-hybridized carbons (Fsp3) is 0.500. The number of amides is 1. The Morgan fingerprint density at radius 3 is 2.45 bits per heavy atom. The van der Waals surface area contributed by atoms with Crippen molar-refractivity contribution in [2.24, 2.45) is 0 Å². The maximum atomic E-state index is 12.0. The van der Waals surface area contributed by atoms with Gasteiger partial charge in [0.05, 0.1) is 16.3 Å². The molecule has 6 heteroatoms. The van der Waals surface area contributed by atoms with E-state index in [2.05, 4.69) is 11.0 Å². The second-order valence-electron chi connectivity index (χ2n) is 6.20. The second-order valence-corrected chi connectivity index (χ2v) is 6.58. The van der Waals surface area contributed by atoms with E-state index < -0.39 is 5.60 Å². The van der Waals surface area contributed by atoms with Gasteiger partial charge in [-0.15, -0.1) is 0 Å². The van der Waals surface area contributed by atoms with E-state index in [1.54, 1.807) is 11.0 Å². The van der Waals surface area contributed by atoms with Gasteiger partial charge in [0.25, 0.3) is 0 Å². The van der Waals surface area contributed by atoms with Gasteiger partial charge < -0.3 is 14.5 Å². The molecule has 1 aliphatic heterocycles. The Bertz CT molecular complexity index is 596. The van der Waals surface area contributed by atoms with Crippen LogP contribution in [-0.2, 0) is 4.74 Å². The number of anilines is 1. The maximum absolute atomic E-state index is 12.0. The zero-order chi connectivity index (χ0) is 16.3. The predicted molar refractivity (Wildman–Crippen MR) is 86.2 cm³/mol. The van der Waals surface area contributed by atoms with Crippen LogP contribution in [0.15, 0.2) is 18.2 Å². The molecule has 0 unspecified atom stereocenters. The molecule has 0 atom stereocenters. The Balaban J connectivity index is 2.01. The minimum atomic E-state index is -0.487. The Hall–Kier alpha value is -1.93. The molecule has 0 bridgehead atoms. The highest BCUT2D eigenvalue weighted by Crippen LogP contribution is 2.29. The van der Waals surface area contributed by atoms with Crippen LogP contribution < -0.4 is 4.90 Å². The topological polar surface area (TPSA) is 56.6 Å². The van der Waals surface area contributed by atoms with Crippen molar-refractivity contribution in [2.45, 2.75) is 26.4 Å². The van der Waals surface area contributed by atoms with Crippen molar-refractivity contribution in [1.82, 2.24) is 4.90 Å². The fourth-order valence-electron chi connectivity index (χ4n) is 2.31. The van der Waals surface area contributed by atoms with E-state index >= 15 is 0 Å². The highest BCUT2D eigenvalue weighted by molar-refractivity contribution is 6.34. The van der Waals surface area contributed by atoms with Crippen molar-refractivity contribution in [3.05, 3.63) is 28.8 Å². The molecule has 1 aromatic rings. The van der Waals surface area contributed by atoms with Gasteiger partial charge in [-0.25, -0.2) is 4.79 Å².